The molecule has 0 aliphatic rings. The van der Waals surface area contributed by atoms with Crippen molar-refractivity contribution in [3.05, 3.63) is 65.9 Å². The van der Waals surface area contributed by atoms with Gasteiger partial charge in [0.05, 0.1) is 7.11 Å². The zero-order valence-electron chi connectivity index (χ0n) is 16.5. The monoisotopic (exact) mass is 362 g/mol. The Hall–Kier alpha value is -3.08. The van der Waals surface area contributed by atoms with E-state index in [1.807, 2.05) is 43.3 Å². The Balaban J connectivity index is 1.88. The first-order chi connectivity index (χ1) is 12.8. The number of rotatable bonds is 5. The second-order valence-electron chi connectivity index (χ2n) is 7.50. The lowest BCUT2D eigenvalue weighted by Gasteiger charge is -2.23. The van der Waals surface area contributed by atoms with Crippen molar-refractivity contribution in [2.24, 2.45) is 0 Å². The number of hydrogen-bond donors (Lipinski definition) is 2. The molecule has 0 atom stereocenters. The summed E-state index contributed by atoms with van der Waals surface area (Å²) in [5, 5.41) is 6.70. The highest BCUT2D eigenvalue weighted by atomic mass is 16.5. The molecule has 2 N–H and O–H groups in total. The van der Waals surface area contributed by atoms with Crippen molar-refractivity contribution in [2.75, 3.05) is 17.7 Å². The molecule has 3 rings (SSSR count). The third kappa shape index (κ3) is 4.76. The molecule has 1 aromatic heterocycles. The van der Waals surface area contributed by atoms with Crippen molar-refractivity contribution >= 4 is 23.1 Å². The summed E-state index contributed by atoms with van der Waals surface area (Å²) in [6.45, 7) is 8.57. The Morgan fingerprint density at radius 2 is 1.67 bits per heavy atom. The van der Waals surface area contributed by atoms with Crippen LogP contribution in [0, 0.1) is 6.92 Å². The molecule has 0 fully saturated rings. The lowest BCUT2D eigenvalue weighted by molar-refractivity contribution is 0.415. The van der Waals surface area contributed by atoms with Crippen LogP contribution in [0.3, 0.4) is 0 Å². The second-order valence-corrected chi connectivity index (χ2v) is 7.50. The van der Waals surface area contributed by atoms with Gasteiger partial charge >= 0.3 is 0 Å². The number of aryl methyl sites for hydroxylation is 1. The molecule has 0 spiro atoms. The third-order valence-corrected chi connectivity index (χ3v) is 4.18. The quantitative estimate of drug-likeness (QED) is 0.620. The van der Waals surface area contributed by atoms with Gasteiger partial charge in [-0.15, -0.1) is 0 Å². The standard InChI is InChI=1S/C22H26N4O/c1-15-13-20(25-19-12-7-6-11-18(19)22(2,3)4)26-21(23-15)24-16-9-8-10-17(14-16)27-5/h6-14H,1-5H3,(H2,23,24,25,26). The minimum absolute atomic E-state index is 0.0351. The number of benzene rings is 2. The molecule has 5 heteroatoms. The second kappa shape index (κ2) is 7.66. The molecule has 140 valence electrons. The highest BCUT2D eigenvalue weighted by molar-refractivity contribution is 5.64. The Kier molecular flexibility index (Phi) is 5.31. The first-order valence-corrected chi connectivity index (χ1v) is 8.98. The molecule has 0 aliphatic heterocycles. The van der Waals surface area contributed by atoms with Gasteiger partial charge in [0.15, 0.2) is 0 Å². The van der Waals surface area contributed by atoms with Crippen LogP contribution in [0.25, 0.3) is 0 Å². The molecule has 0 radical (unpaired) electrons. The highest BCUT2D eigenvalue weighted by Crippen LogP contribution is 2.31. The van der Waals surface area contributed by atoms with E-state index in [1.165, 1.54) is 5.56 Å². The van der Waals surface area contributed by atoms with Gasteiger partial charge in [-0.3, -0.25) is 0 Å². The zero-order chi connectivity index (χ0) is 19.4. The number of anilines is 4. The maximum absolute atomic E-state index is 5.27. The van der Waals surface area contributed by atoms with E-state index >= 15 is 0 Å². The summed E-state index contributed by atoms with van der Waals surface area (Å²) in [5.74, 6) is 2.08. The van der Waals surface area contributed by atoms with E-state index in [2.05, 4.69) is 59.6 Å². The smallest absolute Gasteiger partial charge is 0.229 e. The minimum atomic E-state index is 0.0351. The van der Waals surface area contributed by atoms with E-state index in [1.54, 1.807) is 7.11 Å². The Labute approximate surface area is 160 Å². The van der Waals surface area contributed by atoms with Gasteiger partial charge in [-0.1, -0.05) is 45.0 Å². The molecule has 1 heterocycles. The zero-order valence-corrected chi connectivity index (χ0v) is 16.5. The molecule has 0 saturated heterocycles. The first kappa shape index (κ1) is 18.7. The first-order valence-electron chi connectivity index (χ1n) is 8.98. The van der Waals surface area contributed by atoms with Gasteiger partial charge in [-0.2, -0.15) is 4.98 Å². The van der Waals surface area contributed by atoms with Crippen molar-refractivity contribution in [3.63, 3.8) is 0 Å². The number of nitrogens with one attached hydrogen (secondary N) is 2. The maximum atomic E-state index is 5.27. The van der Waals surface area contributed by atoms with Crippen LogP contribution in [0.4, 0.5) is 23.1 Å². The molecular formula is C22H26N4O. The van der Waals surface area contributed by atoms with E-state index < -0.39 is 0 Å². The van der Waals surface area contributed by atoms with Crippen LogP contribution in [0.1, 0.15) is 32.0 Å². The molecule has 5 nitrogen and oxygen atoms in total. The summed E-state index contributed by atoms with van der Waals surface area (Å²) in [4.78, 5) is 9.12. The fourth-order valence-corrected chi connectivity index (χ4v) is 2.90. The SMILES string of the molecule is COc1cccc(Nc2nc(C)cc(Nc3ccccc3C(C)(C)C)n2)c1. The number of ether oxygens (including phenoxy) is 1. The predicted molar refractivity (Wildman–Crippen MR) is 111 cm³/mol. The molecule has 0 bridgehead atoms. The average Bonchev–Trinajstić information content (AvgIpc) is 2.61. The van der Waals surface area contributed by atoms with Gasteiger partial charge in [-0.05, 0) is 36.1 Å². The van der Waals surface area contributed by atoms with Gasteiger partial charge in [0.1, 0.15) is 11.6 Å². The number of para-hydroxylation sites is 1. The summed E-state index contributed by atoms with van der Waals surface area (Å²) < 4.78 is 5.27. The summed E-state index contributed by atoms with van der Waals surface area (Å²) >= 11 is 0. The predicted octanol–water partition coefficient (Wildman–Crippen LogP) is 5.58. The molecule has 0 amide bonds. The molecule has 0 unspecified atom stereocenters. The normalized spacial score (nSPS) is 11.1. The Bertz CT molecular complexity index is 932. The number of aromatic nitrogens is 2. The third-order valence-electron chi connectivity index (χ3n) is 4.18. The van der Waals surface area contributed by atoms with Gasteiger partial charge in [-0.25, -0.2) is 4.98 Å². The average molecular weight is 362 g/mol. The topological polar surface area (TPSA) is 59.1 Å². The van der Waals surface area contributed by atoms with Crippen molar-refractivity contribution in [1.29, 1.82) is 0 Å². The number of hydrogen-bond acceptors (Lipinski definition) is 5. The Morgan fingerprint density at radius 3 is 2.41 bits per heavy atom. The van der Waals surface area contributed by atoms with Crippen LogP contribution < -0.4 is 15.4 Å². The summed E-state index contributed by atoms with van der Waals surface area (Å²) in [6, 6.07) is 17.9. The van der Waals surface area contributed by atoms with Gasteiger partial charge in [0.2, 0.25) is 5.95 Å². The molecule has 3 aromatic rings. The lowest BCUT2D eigenvalue weighted by atomic mass is 9.86. The van der Waals surface area contributed by atoms with Crippen molar-refractivity contribution in [1.82, 2.24) is 9.97 Å². The highest BCUT2D eigenvalue weighted by Gasteiger charge is 2.18. The van der Waals surface area contributed by atoms with Gasteiger partial charge in [0, 0.05) is 29.2 Å². The lowest BCUT2D eigenvalue weighted by Crippen LogP contribution is -2.14. The summed E-state index contributed by atoms with van der Waals surface area (Å²) in [7, 11) is 1.65. The van der Waals surface area contributed by atoms with E-state index in [0.717, 1.165) is 28.6 Å². The van der Waals surface area contributed by atoms with Crippen molar-refractivity contribution in [3.8, 4) is 5.75 Å². The molecule has 0 saturated carbocycles. The Morgan fingerprint density at radius 1 is 0.889 bits per heavy atom. The molecular weight excluding hydrogens is 336 g/mol. The van der Waals surface area contributed by atoms with E-state index in [4.69, 9.17) is 4.74 Å². The maximum Gasteiger partial charge on any atom is 0.229 e. The van der Waals surface area contributed by atoms with E-state index in [-0.39, 0.29) is 5.41 Å². The summed E-state index contributed by atoms with van der Waals surface area (Å²) in [6.07, 6.45) is 0. The molecule has 2 aromatic carbocycles. The largest absolute Gasteiger partial charge is 0.497 e. The number of methoxy groups -OCH3 is 1. The van der Waals surface area contributed by atoms with Crippen LogP contribution in [-0.2, 0) is 5.41 Å². The van der Waals surface area contributed by atoms with Crippen LogP contribution in [0.5, 0.6) is 5.75 Å². The van der Waals surface area contributed by atoms with Crippen LogP contribution in [0.15, 0.2) is 54.6 Å². The minimum Gasteiger partial charge on any atom is -0.497 e. The number of nitrogens with zero attached hydrogens (tertiary/aromatic N) is 2. The van der Waals surface area contributed by atoms with E-state index in [9.17, 15) is 0 Å². The van der Waals surface area contributed by atoms with E-state index in [0.29, 0.717) is 5.95 Å². The molecule has 0 aliphatic carbocycles. The molecule has 27 heavy (non-hydrogen) atoms. The fourth-order valence-electron chi connectivity index (χ4n) is 2.90. The van der Waals surface area contributed by atoms with Gasteiger partial charge in [0.25, 0.3) is 0 Å². The summed E-state index contributed by atoms with van der Waals surface area (Å²) in [5.41, 5.74) is 4.08. The van der Waals surface area contributed by atoms with Crippen LogP contribution in [0.2, 0.25) is 0 Å². The van der Waals surface area contributed by atoms with Crippen LogP contribution >= 0.6 is 0 Å². The fraction of sp³-hybridized carbons (Fsp3) is 0.273. The van der Waals surface area contributed by atoms with Crippen molar-refractivity contribution < 1.29 is 4.74 Å². The van der Waals surface area contributed by atoms with Crippen LogP contribution in [-0.4, -0.2) is 17.1 Å². The van der Waals surface area contributed by atoms with Crippen molar-refractivity contribution in [2.45, 2.75) is 33.1 Å². The van der Waals surface area contributed by atoms with Gasteiger partial charge < -0.3 is 15.4 Å².